The van der Waals surface area contributed by atoms with Crippen molar-refractivity contribution in [3.8, 4) is 0 Å². The number of hydrogen-bond donors (Lipinski definition) is 2. The maximum Gasteiger partial charge on any atom is 0.0491 e. The van der Waals surface area contributed by atoms with Crippen LogP contribution in [0.1, 0.15) is 55.7 Å². The summed E-state index contributed by atoms with van der Waals surface area (Å²) in [5.74, 6) is 6.45. The van der Waals surface area contributed by atoms with Gasteiger partial charge in [-0.1, -0.05) is 49.4 Å². The van der Waals surface area contributed by atoms with Gasteiger partial charge in [-0.25, -0.2) is 0 Å². The SMILES string of the molecule is Cc1c(Cl)cccc1C(NN)C1CCCCCC1. The van der Waals surface area contributed by atoms with Crippen LogP contribution in [0.4, 0.5) is 0 Å². The first-order valence-electron chi connectivity index (χ1n) is 6.95. The van der Waals surface area contributed by atoms with Crippen molar-refractivity contribution < 1.29 is 0 Å². The van der Waals surface area contributed by atoms with Crippen LogP contribution in [0.2, 0.25) is 5.02 Å². The predicted molar refractivity (Wildman–Crippen MR) is 77.4 cm³/mol. The fourth-order valence-corrected chi connectivity index (χ4v) is 3.27. The molecule has 2 nitrogen and oxygen atoms in total. The van der Waals surface area contributed by atoms with Crippen molar-refractivity contribution in [3.05, 3.63) is 34.3 Å². The Morgan fingerprint density at radius 2 is 1.89 bits per heavy atom. The van der Waals surface area contributed by atoms with Gasteiger partial charge < -0.3 is 0 Å². The predicted octanol–water partition coefficient (Wildman–Crippen LogP) is 4.12. The lowest BCUT2D eigenvalue weighted by atomic mass is 9.86. The van der Waals surface area contributed by atoms with Gasteiger partial charge in [0.05, 0.1) is 0 Å². The van der Waals surface area contributed by atoms with E-state index in [1.807, 2.05) is 12.1 Å². The van der Waals surface area contributed by atoms with Crippen LogP contribution in [0.5, 0.6) is 0 Å². The first-order chi connectivity index (χ1) is 8.74. The molecule has 0 spiro atoms. The molecule has 0 heterocycles. The lowest BCUT2D eigenvalue weighted by Gasteiger charge is -2.27. The molecule has 100 valence electrons. The monoisotopic (exact) mass is 266 g/mol. The Balaban J connectivity index is 2.23. The van der Waals surface area contributed by atoms with Crippen molar-refractivity contribution in [2.24, 2.45) is 11.8 Å². The molecule has 1 aromatic carbocycles. The van der Waals surface area contributed by atoms with Gasteiger partial charge in [0.25, 0.3) is 0 Å². The fraction of sp³-hybridized carbons (Fsp3) is 0.600. The smallest absolute Gasteiger partial charge is 0.0491 e. The average molecular weight is 267 g/mol. The maximum atomic E-state index is 6.22. The summed E-state index contributed by atoms with van der Waals surface area (Å²) in [7, 11) is 0. The minimum Gasteiger partial charge on any atom is -0.271 e. The minimum atomic E-state index is 0.238. The Kier molecular flexibility index (Phi) is 5.04. The highest BCUT2D eigenvalue weighted by Gasteiger charge is 2.24. The van der Waals surface area contributed by atoms with Crippen LogP contribution >= 0.6 is 11.6 Å². The third kappa shape index (κ3) is 3.05. The molecule has 1 aliphatic carbocycles. The van der Waals surface area contributed by atoms with Gasteiger partial charge in [-0.15, -0.1) is 0 Å². The fourth-order valence-electron chi connectivity index (χ4n) is 3.09. The van der Waals surface area contributed by atoms with E-state index < -0.39 is 0 Å². The summed E-state index contributed by atoms with van der Waals surface area (Å²) < 4.78 is 0. The van der Waals surface area contributed by atoms with E-state index in [-0.39, 0.29) is 6.04 Å². The van der Waals surface area contributed by atoms with E-state index in [0.717, 1.165) is 10.6 Å². The number of nitrogens with one attached hydrogen (secondary N) is 1. The first-order valence-corrected chi connectivity index (χ1v) is 7.33. The van der Waals surface area contributed by atoms with E-state index in [2.05, 4.69) is 18.4 Å². The van der Waals surface area contributed by atoms with Gasteiger partial charge in [-0.05, 0) is 42.9 Å². The summed E-state index contributed by atoms with van der Waals surface area (Å²) in [5, 5.41) is 0.835. The summed E-state index contributed by atoms with van der Waals surface area (Å²) in [6, 6.07) is 6.35. The van der Waals surface area contributed by atoms with Gasteiger partial charge >= 0.3 is 0 Å². The van der Waals surface area contributed by atoms with Gasteiger partial charge in [-0.3, -0.25) is 11.3 Å². The molecule has 0 amide bonds. The van der Waals surface area contributed by atoms with E-state index in [0.29, 0.717) is 5.92 Å². The molecule has 1 atom stereocenters. The van der Waals surface area contributed by atoms with Crippen molar-refractivity contribution in [1.29, 1.82) is 0 Å². The molecule has 1 aromatic rings. The lowest BCUT2D eigenvalue weighted by Crippen LogP contribution is -2.34. The highest BCUT2D eigenvalue weighted by Crippen LogP contribution is 2.35. The van der Waals surface area contributed by atoms with Crippen LogP contribution in [-0.4, -0.2) is 0 Å². The summed E-state index contributed by atoms with van der Waals surface area (Å²) in [6.45, 7) is 2.08. The second-order valence-electron chi connectivity index (χ2n) is 5.35. The zero-order chi connectivity index (χ0) is 13.0. The van der Waals surface area contributed by atoms with Crippen molar-refractivity contribution >= 4 is 11.6 Å². The van der Waals surface area contributed by atoms with Crippen LogP contribution < -0.4 is 11.3 Å². The number of benzene rings is 1. The van der Waals surface area contributed by atoms with Crippen molar-refractivity contribution in [2.45, 2.75) is 51.5 Å². The molecular formula is C15H23ClN2. The van der Waals surface area contributed by atoms with Gasteiger partial charge in [0, 0.05) is 11.1 Å². The third-order valence-electron chi connectivity index (χ3n) is 4.20. The van der Waals surface area contributed by atoms with E-state index in [9.17, 15) is 0 Å². The average Bonchev–Trinajstić information content (AvgIpc) is 2.64. The van der Waals surface area contributed by atoms with Crippen LogP contribution in [-0.2, 0) is 0 Å². The number of nitrogens with two attached hydrogens (primary N) is 1. The summed E-state index contributed by atoms with van der Waals surface area (Å²) in [6.07, 6.45) is 7.90. The Morgan fingerprint density at radius 1 is 1.22 bits per heavy atom. The van der Waals surface area contributed by atoms with E-state index >= 15 is 0 Å². The molecule has 0 aromatic heterocycles. The van der Waals surface area contributed by atoms with E-state index in [1.165, 1.54) is 44.1 Å². The second kappa shape index (κ2) is 6.55. The van der Waals surface area contributed by atoms with Gasteiger partial charge in [-0.2, -0.15) is 0 Å². The van der Waals surface area contributed by atoms with E-state index in [1.54, 1.807) is 0 Å². The van der Waals surface area contributed by atoms with Crippen molar-refractivity contribution in [3.63, 3.8) is 0 Å². The highest BCUT2D eigenvalue weighted by molar-refractivity contribution is 6.31. The lowest BCUT2D eigenvalue weighted by molar-refractivity contribution is 0.328. The van der Waals surface area contributed by atoms with E-state index in [4.69, 9.17) is 17.4 Å². The maximum absolute atomic E-state index is 6.22. The second-order valence-corrected chi connectivity index (χ2v) is 5.76. The number of halogens is 1. The molecule has 1 unspecified atom stereocenters. The minimum absolute atomic E-state index is 0.238. The summed E-state index contributed by atoms with van der Waals surface area (Å²) in [5.41, 5.74) is 5.44. The number of hydrogen-bond acceptors (Lipinski definition) is 2. The largest absolute Gasteiger partial charge is 0.271 e. The van der Waals surface area contributed by atoms with Gasteiger partial charge in [0.15, 0.2) is 0 Å². The van der Waals surface area contributed by atoms with Crippen LogP contribution in [0.25, 0.3) is 0 Å². The number of rotatable bonds is 3. The zero-order valence-electron chi connectivity index (χ0n) is 11.1. The zero-order valence-corrected chi connectivity index (χ0v) is 11.8. The molecule has 1 fully saturated rings. The van der Waals surface area contributed by atoms with Crippen molar-refractivity contribution in [1.82, 2.24) is 5.43 Å². The molecule has 2 rings (SSSR count). The normalized spacial score (nSPS) is 19.5. The van der Waals surface area contributed by atoms with Crippen LogP contribution in [0, 0.1) is 12.8 Å². The van der Waals surface area contributed by atoms with Crippen LogP contribution in [0.3, 0.4) is 0 Å². The standard InChI is InChI=1S/C15H23ClN2/c1-11-13(9-6-10-14(11)16)15(18-17)12-7-4-2-3-5-8-12/h6,9-10,12,15,18H,2-5,7-8,17H2,1H3. The topological polar surface area (TPSA) is 38.0 Å². The molecule has 0 radical (unpaired) electrons. The highest BCUT2D eigenvalue weighted by atomic mass is 35.5. The molecular weight excluding hydrogens is 244 g/mol. The molecule has 1 aliphatic rings. The third-order valence-corrected chi connectivity index (χ3v) is 4.60. The van der Waals surface area contributed by atoms with Crippen molar-refractivity contribution in [2.75, 3.05) is 0 Å². The van der Waals surface area contributed by atoms with Crippen LogP contribution in [0.15, 0.2) is 18.2 Å². The Hall–Kier alpha value is -0.570. The first kappa shape index (κ1) is 13.9. The Labute approximate surface area is 115 Å². The summed E-state index contributed by atoms with van der Waals surface area (Å²) >= 11 is 6.22. The summed E-state index contributed by atoms with van der Waals surface area (Å²) in [4.78, 5) is 0. The molecule has 0 aliphatic heterocycles. The quantitative estimate of drug-likeness (QED) is 0.491. The Morgan fingerprint density at radius 3 is 2.50 bits per heavy atom. The Bertz CT molecular complexity index is 384. The van der Waals surface area contributed by atoms with Gasteiger partial charge in [0.2, 0.25) is 0 Å². The molecule has 3 N–H and O–H groups in total. The molecule has 18 heavy (non-hydrogen) atoms. The number of hydrazine groups is 1. The van der Waals surface area contributed by atoms with Gasteiger partial charge in [0.1, 0.15) is 0 Å². The molecule has 0 bridgehead atoms. The molecule has 1 saturated carbocycles. The molecule has 0 saturated heterocycles. The molecule has 3 heteroatoms.